The number of halogens is 1. The van der Waals surface area contributed by atoms with Crippen LogP contribution in [0.15, 0.2) is 22.7 Å². The first-order chi connectivity index (χ1) is 5.65. The number of rotatable bonds is 2. The minimum atomic E-state index is 0.0763. The van der Waals surface area contributed by atoms with Crippen LogP contribution in [0.25, 0.3) is 0 Å². The second kappa shape index (κ2) is 3.92. The fourth-order valence-corrected chi connectivity index (χ4v) is 1.53. The van der Waals surface area contributed by atoms with Crippen molar-refractivity contribution < 1.29 is 5.11 Å². The Kier molecular flexibility index (Phi) is 3.12. The molecule has 0 spiro atoms. The third kappa shape index (κ3) is 1.99. The molecule has 0 heterocycles. The highest BCUT2D eigenvalue weighted by Crippen LogP contribution is 2.22. The fourth-order valence-electron chi connectivity index (χ4n) is 1.12. The molecular formula is C9H12BrNO. The lowest BCUT2D eigenvalue weighted by Crippen LogP contribution is -2.11. The molecule has 0 radical (unpaired) electrons. The van der Waals surface area contributed by atoms with Crippen molar-refractivity contribution in [2.45, 2.75) is 6.61 Å². The van der Waals surface area contributed by atoms with Gasteiger partial charge in [-0.2, -0.15) is 0 Å². The molecule has 0 atom stereocenters. The van der Waals surface area contributed by atoms with Gasteiger partial charge in [-0.25, -0.2) is 0 Å². The van der Waals surface area contributed by atoms with Gasteiger partial charge < -0.3 is 10.0 Å². The van der Waals surface area contributed by atoms with Crippen molar-refractivity contribution in [3.8, 4) is 0 Å². The van der Waals surface area contributed by atoms with E-state index in [2.05, 4.69) is 15.9 Å². The highest BCUT2D eigenvalue weighted by molar-refractivity contribution is 9.10. The van der Waals surface area contributed by atoms with Crippen molar-refractivity contribution in [3.05, 3.63) is 28.2 Å². The van der Waals surface area contributed by atoms with Crippen LogP contribution in [0.2, 0.25) is 0 Å². The van der Waals surface area contributed by atoms with E-state index in [1.165, 1.54) is 0 Å². The maximum Gasteiger partial charge on any atom is 0.0702 e. The normalized spacial score (nSPS) is 10.0. The number of aliphatic hydroxyl groups excluding tert-OH is 1. The molecule has 0 amide bonds. The summed E-state index contributed by atoms with van der Waals surface area (Å²) in [6.07, 6.45) is 0. The predicted molar refractivity (Wildman–Crippen MR) is 54.4 cm³/mol. The quantitative estimate of drug-likeness (QED) is 0.839. The summed E-state index contributed by atoms with van der Waals surface area (Å²) in [7, 11) is 3.92. The molecular weight excluding hydrogens is 218 g/mol. The number of nitrogens with zero attached hydrogens (tertiary/aromatic N) is 1. The summed E-state index contributed by atoms with van der Waals surface area (Å²) < 4.78 is 0.997. The van der Waals surface area contributed by atoms with Gasteiger partial charge in [0.2, 0.25) is 0 Å². The summed E-state index contributed by atoms with van der Waals surface area (Å²) in [6.45, 7) is 0.0763. The van der Waals surface area contributed by atoms with Crippen LogP contribution in [0, 0.1) is 0 Å². The van der Waals surface area contributed by atoms with Crippen LogP contribution >= 0.6 is 15.9 Å². The lowest BCUT2D eigenvalue weighted by atomic mass is 10.2. The van der Waals surface area contributed by atoms with Crippen LogP contribution in [-0.4, -0.2) is 19.2 Å². The van der Waals surface area contributed by atoms with Crippen molar-refractivity contribution in [2.24, 2.45) is 0 Å². The van der Waals surface area contributed by atoms with E-state index in [0.717, 1.165) is 15.7 Å². The molecule has 0 aliphatic carbocycles. The molecule has 1 rings (SSSR count). The lowest BCUT2D eigenvalue weighted by molar-refractivity contribution is 0.282. The van der Waals surface area contributed by atoms with Gasteiger partial charge >= 0.3 is 0 Å². The second-order valence-corrected chi connectivity index (χ2v) is 3.74. The average molecular weight is 230 g/mol. The van der Waals surface area contributed by atoms with Crippen molar-refractivity contribution in [1.82, 2.24) is 0 Å². The molecule has 3 heteroatoms. The minimum absolute atomic E-state index is 0.0763. The van der Waals surface area contributed by atoms with Crippen LogP contribution in [0.4, 0.5) is 5.69 Å². The molecule has 0 fully saturated rings. The molecule has 0 unspecified atom stereocenters. The SMILES string of the molecule is CN(C)c1ccc(Br)cc1CO. The Morgan fingerprint density at radius 1 is 1.42 bits per heavy atom. The Morgan fingerprint density at radius 2 is 2.08 bits per heavy atom. The van der Waals surface area contributed by atoms with E-state index in [4.69, 9.17) is 5.11 Å². The largest absolute Gasteiger partial charge is 0.392 e. The van der Waals surface area contributed by atoms with E-state index in [9.17, 15) is 0 Å². The van der Waals surface area contributed by atoms with E-state index in [1.54, 1.807) is 0 Å². The number of hydrogen-bond acceptors (Lipinski definition) is 2. The van der Waals surface area contributed by atoms with E-state index in [-0.39, 0.29) is 6.61 Å². The van der Waals surface area contributed by atoms with Gasteiger partial charge in [-0.3, -0.25) is 0 Å². The Balaban J connectivity index is 3.11. The number of anilines is 1. The smallest absolute Gasteiger partial charge is 0.0702 e. The summed E-state index contributed by atoms with van der Waals surface area (Å²) in [5.41, 5.74) is 2.00. The standard InChI is InChI=1S/C9H12BrNO/c1-11(2)9-4-3-8(10)5-7(9)6-12/h3-5,12H,6H2,1-2H3. The topological polar surface area (TPSA) is 23.5 Å². The molecule has 12 heavy (non-hydrogen) atoms. The van der Waals surface area contributed by atoms with Gasteiger partial charge in [0.05, 0.1) is 6.61 Å². The van der Waals surface area contributed by atoms with Crippen LogP contribution in [0.1, 0.15) is 5.56 Å². The highest BCUT2D eigenvalue weighted by atomic mass is 79.9. The molecule has 66 valence electrons. The van der Waals surface area contributed by atoms with Crippen LogP contribution in [0.3, 0.4) is 0 Å². The van der Waals surface area contributed by atoms with E-state index in [1.807, 2.05) is 37.2 Å². The van der Waals surface area contributed by atoms with Crippen molar-refractivity contribution in [3.63, 3.8) is 0 Å². The lowest BCUT2D eigenvalue weighted by Gasteiger charge is -2.16. The Bertz CT molecular complexity index is 273. The minimum Gasteiger partial charge on any atom is -0.392 e. The van der Waals surface area contributed by atoms with Gasteiger partial charge in [-0.15, -0.1) is 0 Å². The van der Waals surface area contributed by atoms with Gasteiger partial charge in [0, 0.05) is 29.8 Å². The molecule has 1 N–H and O–H groups in total. The van der Waals surface area contributed by atoms with Crippen LogP contribution in [0.5, 0.6) is 0 Å². The van der Waals surface area contributed by atoms with Crippen LogP contribution < -0.4 is 4.90 Å². The first-order valence-electron chi connectivity index (χ1n) is 3.71. The van der Waals surface area contributed by atoms with Gasteiger partial charge in [-0.1, -0.05) is 15.9 Å². The Hall–Kier alpha value is -0.540. The molecule has 0 aliphatic heterocycles. The number of hydrogen-bond donors (Lipinski definition) is 1. The van der Waals surface area contributed by atoms with E-state index in [0.29, 0.717) is 0 Å². The summed E-state index contributed by atoms with van der Waals surface area (Å²) in [4.78, 5) is 1.98. The Morgan fingerprint density at radius 3 is 2.58 bits per heavy atom. The summed E-state index contributed by atoms with van der Waals surface area (Å²) >= 11 is 3.36. The van der Waals surface area contributed by atoms with E-state index >= 15 is 0 Å². The molecule has 0 aliphatic rings. The molecule has 0 saturated carbocycles. The molecule has 0 bridgehead atoms. The maximum absolute atomic E-state index is 9.04. The predicted octanol–water partition coefficient (Wildman–Crippen LogP) is 2.01. The molecule has 1 aromatic rings. The van der Waals surface area contributed by atoms with Gasteiger partial charge in [0.15, 0.2) is 0 Å². The van der Waals surface area contributed by atoms with E-state index < -0.39 is 0 Å². The summed E-state index contributed by atoms with van der Waals surface area (Å²) in [5, 5.41) is 9.04. The highest BCUT2D eigenvalue weighted by Gasteiger charge is 2.02. The number of aliphatic hydroxyl groups is 1. The Labute approximate surface area is 80.9 Å². The summed E-state index contributed by atoms with van der Waals surface area (Å²) in [6, 6.07) is 5.87. The average Bonchev–Trinajstić information content (AvgIpc) is 2.03. The van der Waals surface area contributed by atoms with Crippen molar-refractivity contribution in [2.75, 3.05) is 19.0 Å². The zero-order valence-corrected chi connectivity index (χ0v) is 8.80. The third-order valence-electron chi connectivity index (χ3n) is 1.69. The third-order valence-corrected chi connectivity index (χ3v) is 2.19. The zero-order chi connectivity index (χ0) is 9.14. The van der Waals surface area contributed by atoms with Gasteiger partial charge in [-0.05, 0) is 18.2 Å². The molecule has 2 nitrogen and oxygen atoms in total. The zero-order valence-electron chi connectivity index (χ0n) is 7.21. The molecule has 0 saturated heterocycles. The molecule has 0 aromatic heterocycles. The van der Waals surface area contributed by atoms with Gasteiger partial charge in [0.25, 0.3) is 0 Å². The maximum atomic E-state index is 9.04. The van der Waals surface area contributed by atoms with Crippen molar-refractivity contribution in [1.29, 1.82) is 0 Å². The second-order valence-electron chi connectivity index (χ2n) is 2.83. The monoisotopic (exact) mass is 229 g/mol. The first-order valence-corrected chi connectivity index (χ1v) is 4.51. The first kappa shape index (κ1) is 9.55. The van der Waals surface area contributed by atoms with Crippen LogP contribution in [-0.2, 0) is 6.61 Å². The number of benzene rings is 1. The fraction of sp³-hybridized carbons (Fsp3) is 0.333. The summed E-state index contributed by atoms with van der Waals surface area (Å²) in [5.74, 6) is 0. The molecule has 1 aromatic carbocycles. The van der Waals surface area contributed by atoms with Gasteiger partial charge in [0.1, 0.15) is 0 Å². The van der Waals surface area contributed by atoms with Crippen molar-refractivity contribution >= 4 is 21.6 Å².